The van der Waals surface area contributed by atoms with Crippen LogP contribution in [0.25, 0.3) is 0 Å². The molecule has 0 radical (unpaired) electrons. The summed E-state index contributed by atoms with van der Waals surface area (Å²) in [5.74, 6) is 2.32. The fraction of sp³-hybridized carbons (Fsp3) is 0.375. The van der Waals surface area contributed by atoms with Crippen LogP contribution in [-0.4, -0.2) is 36.3 Å². The van der Waals surface area contributed by atoms with Gasteiger partial charge in [-0.2, -0.15) is 0 Å². The highest BCUT2D eigenvalue weighted by atomic mass is 35.5. The van der Waals surface area contributed by atoms with Crippen LogP contribution in [-0.2, 0) is 0 Å². The van der Waals surface area contributed by atoms with E-state index in [9.17, 15) is 0 Å². The van der Waals surface area contributed by atoms with Crippen LogP contribution in [0.1, 0.15) is 12.8 Å². The first-order valence-corrected chi connectivity index (χ1v) is 7.66. The van der Waals surface area contributed by atoms with Gasteiger partial charge in [0.2, 0.25) is 0 Å². The molecule has 1 unspecified atom stereocenters. The lowest BCUT2D eigenvalue weighted by Crippen LogP contribution is -2.41. The number of halogens is 1. The Bertz CT molecular complexity index is 638. The Hall–Kier alpha value is -2.01. The van der Waals surface area contributed by atoms with E-state index in [0.29, 0.717) is 5.15 Å². The quantitative estimate of drug-likeness (QED) is 0.866. The highest BCUT2D eigenvalue weighted by molar-refractivity contribution is 6.29. The highest BCUT2D eigenvalue weighted by Crippen LogP contribution is 2.29. The van der Waals surface area contributed by atoms with Crippen molar-refractivity contribution in [3.05, 3.63) is 41.8 Å². The molecule has 0 N–H and O–H groups in total. The number of anilines is 1. The molecular weight excluding hydrogens is 302 g/mol. The maximum atomic E-state index is 6.11. The Morgan fingerprint density at radius 1 is 1.23 bits per heavy atom. The lowest BCUT2D eigenvalue weighted by Gasteiger charge is -2.33. The van der Waals surface area contributed by atoms with Crippen molar-refractivity contribution in [3.8, 4) is 11.5 Å². The zero-order valence-corrected chi connectivity index (χ0v) is 13.2. The SMILES string of the molecule is COc1ccccc1OC1CCCN(c2cncc(Cl)n2)C1. The number of benzene rings is 1. The molecule has 1 fully saturated rings. The molecule has 0 aliphatic carbocycles. The number of methoxy groups -OCH3 is 1. The van der Waals surface area contributed by atoms with Gasteiger partial charge in [0.05, 0.1) is 26.0 Å². The van der Waals surface area contributed by atoms with E-state index in [-0.39, 0.29) is 6.10 Å². The number of para-hydroxylation sites is 2. The second-order valence-corrected chi connectivity index (χ2v) is 5.57. The molecule has 0 amide bonds. The highest BCUT2D eigenvalue weighted by Gasteiger charge is 2.23. The van der Waals surface area contributed by atoms with E-state index < -0.39 is 0 Å². The molecule has 1 aromatic heterocycles. The molecule has 22 heavy (non-hydrogen) atoms. The molecular formula is C16H18ClN3O2. The Balaban J connectivity index is 1.70. The molecule has 6 heteroatoms. The molecule has 5 nitrogen and oxygen atoms in total. The zero-order valence-electron chi connectivity index (χ0n) is 12.4. The molecule has 116 valence electrons. The topological polar surface area (TPSA) is 47.5 Å². The van der Waals surface area contributed by atoms with Crippen molar-refractivity contribution < 1.29 is 9.47 Å². The molecule has 0 bridgehead atoms. The van der Waals surface area contributed by atoms with Gasteiger partial charge in [0.25, 0.3) is 0 Å². The third-order valence-corrected chi connectivity index (χ3v) is 3.84. The van der Waals surface area contributed by atoms with Crippen molar-refractivity contribution in [1.82, 2.24) is 9.97 Å². The third kappa shape index (κ3) is 3.42. The maximum absolute atomic E-state index is 6.11. The molecule has 0 spiro atoms. The number of hydrogen-bond donors (Lipinski definition) is 0. The molecule has 0 saturated carbocycles. The van der Waals surface area contributed by atoms with E-state index in [4.69, 9.17) is 21.1 Å². The van der Waals surface area contributed by atoms with Gasteiger partial charge in [-0.25, -0.2) is 4.98 Å². The van der Waals surface area contributed by atoms with Crippen LogP contribution in [0, 0.1) is 0 Å². The van der Waals surface area contributed by atoms with Crippen molar-refractivity contribution in [2.75, 3.05) is 25.1 Å². The van der Waals surface area contributed by atoms with E-state index in [1.54, 1.807) is 13.3 Å². The number of ether oxygens (including phenoxy) is 2. The van der Waals surface area contributed by atoms with Gasteiger partial charge in [0.15, 0.2) is 11.5 Å². The lowest BCUT2D eigenvalue weighted by atomic mass is 10.1. The summed E-state index contributed by atoms with van der Waals surface area (Å²) >= 11 is 5.92. The Morgan fingerprint density at radius 2 is 2.05 bits per heavy atom. The Morgan fingerprint density at radius 3 is 2.82 bits per heavy atom. The minimum absolute atomic E-state index is 0.0887. The molecule has 1 aliphatic heterocycles. The van der Waals surface area contributed by atoms with E-state index >= 15 is 0 Å². The van der Waals surface area contributed by atoms with Gasteiger partial charge in [-0.3, -0.25) is 4.98 Å². The van der Waals surface area contributed by atoms with E-state index in [1.165, 1.54) is 6.20 Å². The first kappa shape index (κ1) is 14.9. The first-order chi connectivity index (χ1) is 10.8. The first-order valence-electron chi connectivity index (χ1n) is 7.28. The predicted octanol–water partition coefficient (Wildman–Crippen LogP) is 3.19. The molecule has 1 saturated heterocycles. The third-order valence-electron chi connectivity index (χ3n) is 3.66. The summed E-state index contributed by atoms with van der Waals surface area (Å²) in [7, 11) is 1.65. The van der Waals surface area contributed by atoms with Crippen molar-refractivity contribution in [1.29, 1.82) is 0 Å². The number of nitrogens with zero attached hydrogens (tertiary/aromatic N) is 3. The van der Waals surface area contributed by atoms with Crippen LogP contribution in [0.2, 0.25) is 5.15 Å². The maximum Gasteiger partial charge on any atom is 0.161 e. The summed E-state index contributed by atoms with van der Waals surface area (Å²) in [6, 6.07) is 7.71. The molecule has 3 rings (SSSR count). The van der Waals surface area contributed by atoms with E-state index in [1.807, 2.05) is 24.3 Å². The fourth-order valence-corrected chi connectivity index (χ4v) is 2.77. The minimum Gasteiger partial charge on any atom is -0.493 e. The van der Waals surface area contributed by atoms with E-state index in [2.05, 4.69) is 14.9 Å². The van der Waals surface area contributed by atoms with Crippen LogP contribution >= 0.6 is 11.6 Å². The van der Waals surface area contributed by atoms with Gasteiger partial charge in [-0.05, 0) is 25.0 Å². The summed E-state index contributed by atoms with van der Waals surface area (Å²) in [6.45, 7) is 1.69. The zero-order chi connectivity index (χ0) is 15.4. The second-order valence-electron chi connectivity index (χ2n) is 5.18. The van der Waals surface area contributed by atoms with Gasteiger partial charge < -0.3 is 14.4 Å². The Kier molecular flexibility index (Phi) is 4.63. The van der Waals surface area contributed by atoms with Crippen LogP contribution in [0.4, 0.5) is 5.82 Å². The Labute approximate surface area is 134 Å². The van der Waals surface area contributed by atoms with Gasteiger partial charge >= 0.3 is 0 Å². The van der Waals surface area contributed by atoms with Gasteiger partial charge in [0.1, 0.15) is 17.1 Å². The smallest absolute Gasteiger partial charge is 0.161 e. The number of rotatable bonds is 4. The van der Waals surface area contributed by atoms with Crippen molar-refractivity contribution >= 4 is 17.4 Å². The molecule has 2 heterocycles. The second kappa shape index (κ2) is 6.83. The predicted molar refractivity (Wildman–Crippen MR) is 85.9 cm³/mol. The minimum atomic E-state index is 0.0887. The van der Waals surface area contributed by atoms with Gasteiger partial charge in [-0.1, -0.05) is 23.7 Å². The molecule has 1 atom stereocenters. The standard InChI is InChI=1S/C16H18ClN3O2/c1-21-13-6-2-3-7-14(13)22-12-5-4-8-20(11-12)16-10-18-9-15(17)19-16/h2-3,6-7,9-10,12H,4-5,8,11H2,1H3. The number of piperidine rings is 1. The van der Waals surface area contributed by atoms with Crippen LogP contribution in [0.15, 0.2) is 36.7 Å². The van der Waals surface area contributed by atoms with E-state index in [0.717, 1.165) is 43.2 Å². The molecule has 2 aromatic rings. The largest absolute Gasteiger partial charge is 0.493 e. The summed E-state index contributed by atoms with van der Waals surface area (Å²) in [5.41, 5.74) is 0. The van der Waals surface area contributed by atoms with Crippen LogP contribution in [0.5, 0.6) is 11.5 Å². The summed E-state index contributed by atoms with van der Waals surface area (Å²) in [5, 5.41) is 0.408. The fourth-order valence-electron chi connectivity index (χ4n) is 2.62. The van der Waals surface area contributed by atoms with Crippen LogP contribution in [0.3, 0.4) is 0 Å². The normalized spacial score (nSPS) is 18.1. The number of hydrogen-bond acceptors (Lipinski definition) is 5. The average molecular weight is 320 g/mol. The lowest BCUT2D eigenvalue weighted by molar-refractivity contribution is 0.172. The molecule has 1 aromatic carbocycles. The van der Waals surface area contributed by atoms with Gasteiger partial charge in [0, 0.05) is 6.54 Å². The summed E-state index contributed by atoms with van der Waals surface area (Å²) in [6.07, 6.45) is 5.40. The van der Waals surface area contributed by atoms with Crippen molar-refractivity contribution in [2.45, 2.75) is 18.9 Å². The van der Waals surface area contributed by atoms with Gasteiger partial charge in [-0.15, -0.1) is 0 Å². The monoisotopic (exact) mass is 319 g/mol. The number of aromatic nitrogens is 2. The molecule has 1 aliphatic rings. The average Bonchev–Trinajstić information content (AvgIpc) is 2.56. The van der Waals surface area contributed by atoms with Crippen molar-refractivity contribution in [3.63, 3.8) is 0 Å². The summed E-state index contributed by atoms with van der Waals surface area (Å²) in [4.78, 5) is 10.6. The van der Waals surface area contributed by atoms with Crippen LogP contribution < -0.4 is 14.4 Å². The summed E-state index contributed by atoms with van der Waals surface area (Å²) < 4.78 is 11.4. The van der Waals surface area contributed by atoms with Crippen molar-refractivity contribution in [2.24, 2.45) is 0 Å².